The van der Waals surface area contributed by atoms with Crippen molar-refractivity contribution >= 4 is 5.97 Å². The van der Waals surface area contributed by atoms with Crippen molar-refractivity contribution < 1.29 is 35.8 Å². The molecule has 0 aliphatic heterocycles. The van der Waals surface area contributed by atoms with Gasteiger partial charge in [0.2, 0.25) is 0 Å². The summed E-state index contributed by atoms with van der Waals surface area (Å²) in [6.07, 6.45) is 28.0. The van der Waals surface area contributed by atoms with Crippen LogP contribution in [0.2, 0.25) is 0 Å². The van der Waals surface area contributed by atoms with Crippen molar-refractivity contribution in [2.45, 2.75) is 149 Å². The lowest BCUT2D eigenvalue weighted by Crippen LogP contribution is -3.00. The van der Waals surface area contributed by atoms with Crippen LogP contribution in [-0.2, 0) is 20.8 Å². The van der Waals surface area contributed by atoms with Crippen molar-refractivity contribution in [1.82, 2.24) is 0 Å². The van der Waals surface area contributed by atoms with Gasteiger partial charge >= 0.3 is 5.97 Å². The van der Waals surface area contributed by atoms with Crippen LogP contribution in [0.3, 0.4) is 0 Å². The van der Waals surface area contributed by atoms with Gasteiger partial charge in [0.15, 0.2) is 12.4 Å². The molecule has 0 aromatic carbocycles. The Morgan fingerprint density at radius 3 is 1.84 bits per heavy atom. The quantitative estimate of drug-likeness (QED) is 0.0756. The Kier molecular flexibility index (Phi) is 26.9. The number of pyridine rings is 1. The minimum absolute atomic E-state index is 0. The minimum Gasteiger partial charge on any atom is -1.00 e. The van der Waals surface area contributed by atoms with Crippen LogP contribution in [0, 0.1) is 12.8 Å². The molecule has 1 unspecified atom stereocenters. The van der Waals surface area contributed by atoms with Crippen LogP contribution in [0.15, 0.2) is 24.5 Å². The number of carbonyl (C=O) groups excluding carboxylic acids is 1. The van der Waals surface area contributed by atoms with Gasteiger partial charge in [-0.2, -0.15) is 0 Å². The maximum atomic E-state index is 12.2. The molecule has 0 fully saturated rings. The van der Waals surface area contributed by atoms with Gasteiger partial charge in [0.1, 0.15) is 6.54 Å². The molecule has 1 aromatic heterocycles. The Morgan fingerprint density at radius 1 is 0.737 bits per heavy atom. The maximum Gasteiger partial charge on any atom is 0.305 e. The second-order valence-corrected chi connectivity index (χ2v) is 11.1. The van der Waals surface area contributed by atoms with E-state index in [1.807, 2.05) is 0 Å². The minimum atomic E-state index is -0.0676. The molecule has 1 heterocycles. The first-order valence-electron chi connectivity index (χ1n) is 15.8. The number of aromatic nitrogens is 1. The SMILES string of the molecule is CCCCCCCCCCCCCCCCOCC(CCC)COC(=O)CCCC[n+]1ccc(C)cc1.[Br-]. The highest BCUT2D eigenvalue weighted by Crippen LogP contribution is 2.14. The van der Waals surface area contributed by atoms with Crippen molar-refractivity contribution in [3.05, 3.63) is 30.1 Å². The van der Waals surface area contributed by atoms with Crippen molar-refractivity contribution in [3.8, 4) is 0 Å². The number of halogens is 1. The smallest absolute Gasteiger partial charge is 0.305 e. The Hall–Kier alpha value is -0.940. The van der Waals surface area contributed by atoms with E-state index in [1.165, 1.54) is 89.0 Å². The Balaban J connectivity index is 0.0000137. The zero-order valence-electron chi connectivity index (χ0n) is 25.2. The van der Waals surface area contributed by atoms with E-state index >= 15 is 0 Å². The molecule has 0 bridgehead atoms. The second-order valence-electron chi connectivity index (χ2n) is 11.1. The molecule has 0 amide bonds. The summed E-state index contributed by atoms with van der Waals surface area (Å²) < 4.78 is 13.7. The van der Waals surface area contributed by atoms with Crippen molar-refractivity contribution in [3.63, 3.8) is 0 Å². The van der Waals surface area contributed by atoms with Crippen molar-refractivity contribution in [1.29, 1.82) is 0 Å². The molecule has 5 heteroatoms. The number of aryl methyl sites for hydroxylation is 2. The fourth-order valence-corrected chi connectivity index (χ4v) is 4.80. The van der Waals surface area contributed by atoms with E-state index in [-0.39, 0.29) is 23.0 Å². The summed E-state index contributed by atoms with van der Waals surface area (Å²) in [5.74, 6) is 0.255. The number of nitrogens with zero attached hydrogens (tertiary/aromatic N) is 1. The van der Waals surface area contributed by atoms with Crippen LogP contribution >= 0.6 is 0 Å². The number of carbonyl (C=O) groups is 1. The Labute approximate surface area is 246 Å². The zero-order chi connectivity index (χ0) is 26.8. The normalized spacial score (nSPS) is 11.8. The lowest BCUT2D eigenvalue weighted by atomic mass is 10.0. The van der Waals surface area contributed by atoms with Gasteiger partial charge in [0.05, 0.1) is 13.2 Å². The first kappa shape index (κ1) is 37.1. The van der Waals surface area contributed by atoms with E-state index in [1.54, 1.807) is 0 Å². The van der Waals surface area contributed by atoms with Gasteiger partial charge in [0.25, 0.3) is 0 Å². The molecular weight excluding hydrogens is 538 g/mol. The molecule has 0 N–H and O–H groups in total. The average molecular weight is 599 g/mol. The molecule has 1 aromatic rings. The van der Waals surface area contributed by atoms with Crippen LogP contribution in [0.4, 0.5) is 0 Å². The maximum absolute atomic E-state index is 12.2. The van der Waals surface area contributed by atoms with Gasteiger partial charge in [-0.15, -0.1) is 0 Å². The summed E-state index contributed by atoms with van der Waals surface area (Å²) in [7, 11) is 0. The summed E-state index contributed by atoms with van der Waals surface area (Å²) in [6, 6.07) is 4.23. The summed E-state index contributed by atoms with van der Waals surface area (Å²) in [5.41, 5.74) is 1.27. The Bertz CT molecular complexity index is 638. The second kappa shape index (κ2) is 27.6. The highest BCUT2D eigenvalue weighted by atomic mass is 79.9. The van der Waals surface area contributed by atoms with E-state index in [0.29, 0.717) is 25.6 Å². The molecular formula is C33H60BrNO3. The molecule has 1 rings (SSSR count). The fraction of sp³-hybridized carbons (Fsp3) is 0.818. The third-order valence-corrected chi connectivity index (χ3v) is 7.28. The summed E-state index contributed by atoms with van der Waals surface area (Å²) >= 11 is 0. The van der Waals surface area contributed by atoms with Crippen LogP contribution in [-0.4, -0.2) is 25.8 Å². The summed E-state index contributed by atoms with van der Waals surface area (Å²) in [4.78, 5) is 12.2. The molecule has 222 valence electrons. The van der Waals surface area contributed by atoms with Crippen molar-refractivity contribution in [2.75, 3.05) is 19.8 Å². The molecule has 0 saturated heterocycles. The highest BCUT2D eigenvalue weighted by Gasteiger charge is 2.12. The van der Waals surface area contributed by atoms with Crippen LogP contribution in [0.1, 0.15) is 141 Å². The van der Waals surface area contributed by atoms with Crippen LogP contribution < -0.4 is 21.5 Å². The van der Waals surface area contributed by atoms with Crippen molar-refractivity contribution in [2.24, 2.45) is 5.92 Å². The van der Waals surface area contributed by atoms with Gasteiger partial charge in [-0.25, -0.2) is 4.57 Å². The number of ether oxygens (including phenoxy) is 2. The summed E-state index contributed by atoms with van der Waals surface area (Å²) in [6.45, 7) is 9.56. The van der Waals surface area contributed by atoms with E-state index in [9.17, 15) is 4.79 Å². The third kappa shape index (κ3) is 23.0. The highest BCUT2D eigenvalue weighted by molar-refractivity contribution is 5.69. The lowest BCUT2D eigenvalue weighted by molar-refractivity contribution is -0.697. The van der Waals surface area contributed by atoms with Gasteiger partial charge in [-0.1, -0.05) is 104 Å². The monoisotopic (exact) mass is 597 g/mol. The average Bonchev–Trinajstić information content (AvgIpc) is 2.90. The predicted molar refractivity (Wildman–Crippen MR) is 156 cm³/mol. The molecule has 0 aliphatic carbocycles. The number of unbranched alkanes of at least 4 members (excludes halogenated alkanes) is 14. The molecule has 0 radical (unpaired) electrons. The van der Waals surface area contributed by atoms with Gasteiger partial charge < -0.3 is 26.5 Å². The molecule has 0 spiro atoms. The largest absolute Gasteiger partial charge is 1.00 e. The van der Waals surface area contributed by atoms with Crippen LogP contribution in [0.5, 0.6) is 0 Å². The van der Waals surface area contributed by atoms with Gasteiger partial charge in [-0.3, -0.25) is 4.79 Å². The number of hydrogen-bond donors (Lipinski definition) is 0. The van der Waals surface area contributed by atoms with E-state index in [0.717, 1.165) is 45.3 Å². The van der Waals surface area contributed by atoms with Crippen LogP contribution in [0.25, 0.3) is 0 Å². The van der Waals surface area contributed by atoms with E-state index in [2.05, 4.69) is 49.9 Å². The standard InChI is InChI=1S/C33H60NO3.BrH/c1-4-6-7-8-9-10-11-12-13-14-15-16-17-20-28-36-29-32(21-5-2)30-37-33(35)22-18-19-25-34-26-23-31(3)24-27-34;/h23-24,26-27,32H,4-22,25,28-30H2,1-3H3;1H/q+1;/p-1. The first-order valence-corrected chi connectivity index (χ1v) is 15.8. The first-order chi connectivity index (χ1) is 18.2. The van der Waals surface area contributed by atoms with E-state index < -0.39 is 0 Å². The molecule has 0 saturated carbocycles. The molecule has 38 heavy (non-hydrogen) atoms. The van der Waals surface area contributed by atoms with E-state index in [4.69, 9.17) is 9.47 Å². The molecule has 4 nitrogen and oxygen atoms in total. The predicted octanol–water partition coefficient (Wildman–Crippen LogP) is 5.91. The number of hydrogen-bond acceptors (Lipinski definition) is 3. The third-order valence-electron chi connectivity index (χ3n) is 7.28. The van der Waals surface area contributed by atoms with Gasteiger partial charge in [0, 0.05) is 37.5 Å². The molecule has 1 atom stereocenters. The lowest BCUT2D eigenvalue weighted by Gasteiger charge is -2.16. The number of esters is 1. The summed E-state index contributed by atoms with van der Waals surface area (Å²) in [5, 5.41) is 0. The van der Waals surface area contributed by atoms with Gasteiger partial charge in [-0.05, 0) is 31.7 Å². The fourth-order valence-electron chi connectivity index (χ4n) is 4.80. The number of rotatable bonds is 26. The Morgan fingerprint density at radius 2 is 1.29 bits per heavy atom. The topological polar surface area (TPSA) is 39.4 Å². The zero-order valence-corrected chi connectivity index (χ0v) is 26.8. The molecule has 0 aliphatic rings.